The molecule has 5 unspecified atom stereocenters. The van der Waals surface area contributed by atoms with E-state index in [1.165, 1.54) is 44.6 Å². The summed E-state index contributed by atoms with van der Waals surface area (Å²) in [7, 11) is -10.8. The first-order valence-electron chi connectivity index (χ1n) is 23.2. The smallest absolute Gasteiger partial charge is 0.462 e. The van der Waals surface area contributed by atoms with Gasteiger partial charge in [0.1, 0.15) is 30.7 Å². The molecule has 0 aliphatic carbocycles. The fraction of sp³-hybridized carbons (Fsp3) is 0.814. The molecule has 2 saturated heterocycles. The number of anilines is 1. The first kappa shape index (κ1) is 55.8. The number of phosphoric acid groups is 2. The predicted octanol–water partition coefficient (Wildman–Crippen LogP) is 7.34. The molecule has 6 N–H and O–H groups in total. The quantitative estimate of drug-likeness (QED) is 0.0145. The number of rotatable bonds is 36. The molecule has 0 bridgehead atoms. The Bertz CT molecular complexity index is 1700. The highest BCUT2D eigenvalue weighted by molar-refractivity contribution is 7.61. The second-order valence-corrected chi connectivity index (χ2v) is 19.9. The molecule has 0 spiro atoms. The Morgan fingerprint density at radius 3 is 2.17 bits per heavy atom. The molecule has 2 aliphatic heterocycles. The summed E-state index contributed by atoms with van der Waals surface area (Å²) in [6, 6.07) is 1.25. The first-order chi connectivity index (χ1) is 30.5. The highest BCUT2D eigenvalue weighted by atomic mass is 31.3. The van der Waals surface area contributed by atoms with Gasteiger partial charge in [-0.25, -0.2) is 13.9 Å². The highest BCUT2D eigenvalue weighted by Gasteiger charge is 2.46. The van der Waals surface area contributed by atoms with Crippen LogP contribution >= 0.6 is 15.6 Å². The molecule has 19 nitrogen and oxygen atoms in total. The monoisotopic (exact) mass is 951 g/mol. The van der Waals surface area contributed by atoms with E-state index >= 15 is 0 Å². The molecule has 64 heavy (non-hydrogen) atoms. The zero-order valence-electron chi connectivity index (χ0n) is 38.0. The summed E-state index contributed by atoms with van der Waals surface area (Å²) in [5.74, 6) is -0.596. The Kier molecular flexibility index (Phi) is 26.1. The lowest BCUT2D eigenvalue weighted by Crippen LogP contribution is -2.36. The number of nitrogen functional groups attached to an aromatic ring is 1. The molecular formula is C43H75N3O16P2. The van der Waals surface area contributed by atoms with Gasteiger partial charge < -0.3 is 44.7 Å². The maximum atomic E-state index is 12.8. The SMILES string of the molecule is CCCCCC1OC1C/C=C\CCCCCCCC(=O)O[C@H](COC(=O)CCCCCCCCC(C)CC)COP(=O)(O)OP(=O)(O)OC[C@H]1O[C@@H](n2ccc(N)nc2=O)[C@H](O)[C@@H]1O. The van der Waals surface area contributed by atoms with Gasteiger partial charge in [0, 0.05) is 19.0 Å². The number of allylic oxidation sites excluding steroid dienone is 1. The van der Waals surface area contributed by atoms with Crippen molar-refractivity contribution in [2.75, 3.05) is 25.6 Å². The summed E-state index contributed by atoms with van der Waals surface area (Å²) in [6.45, 7) is 4.32. The minimum Gasteiger partial charge on any atom is -0.462 e. The van der Waals surface area contributed by atoms with Crippen LogP contribution in [0.1, 0.15) is 162 Å². The molecule has 3 heterocycles. The van der Waals surface area contributed by atoms with Gasteiger partial charge in [-0.15, -0.1) is 0 Å². The molecule has 2 aliphatic rings. The van der Waals surface area contributed by atoms with Crippen molar-refractivity contribution in [3.8, 4) is 0 Å². The topological polar surface area (TPSA) is 278 Å². The summed E-state index contributed by atoms with van der Waals surface area (Å²) >= 11 is 0. The first-order valence-corrected chi connectivity index (χ1v) is 26.2. The van der Waals surface area contributed by atoms with E-state index in [1.54, 1.807) is 0 Å². The summed E-state index contributed by atoms with van der Waals surface area (Å²) in [5.41, 5.74) is 4.58. The number of nitrogens with zero attached hydrogens (tertiary/aromatic N) is 2. The van der Waals surface area contributed by atoms with Crippen molar-refractivity contribution >= 4 is 33.4 Å². The van der Waals surface area contributed by atoms with Gasteiger partial charge in [0.25, 0.3) is 0 Å². The van der Waals surface area contributed by atoms with Crippen LogP contribution in [-0.4, -0.2) is 97.9 Å². The van der Waals surface area contributed by atoms with E-state index in [-0.39, 0.29) is 18.7 Å². The van der Waals surface area contributed by atoms with Gasteiger partial charge in [0.2, 0.25) is 0 Å². The van der Waals surface area contributed by atoms with Crippen LogP contribution in [0.15, 0.2) is 29.2 Å². The molecule has 2 fully saturated rings. The number of phosphoric ester groups is 2. The number of carbonyl (C=O) groups is 2. The maximum absolute atomic E-state index is 12.8. The third-order valence-corrected chi connectivity index (χ3v) is 13.9. The average molecular weight is 952 g/mol. The number of epoxide rings is 1. The van der Waals surface area contributed by atoms with Crippen LogP contribution in [0.3, 0.4) is 0 Å². The Hall–Kier alpha value is -2.54. The standard InChI is InChI=1S/C43H75N3O16P2/c1-4-6-17-23-34-35(60-34)24-19-14-9-7-8-10-16-21-26-39(48)59-33(29-56-38(47)25-20-15-12-11-13-18-22-32(3)5-2)30-57-63(52,53)62-64(54,55)58-31-36-40(49)41(50)42(61-36)46-28-27-37(44)45-43(46)51/h14,19,27-28,32-36,40-42,49-50H,4-13,15-18,20-26,29-31H2,1-3H3,(H,52,53)(H,54,55)(H2,44,45,51)/b19-14-/t32?,33-,34?,35?,36-,40-,41-,42-/m1/s1. The van der Waals surface area contributed by atoms with E-state index in [1.807, 2.05) is 0 Å². The van der Waals surface area contributed by atoms with Crippen LogP contribution in [0, 0.1) is 5.92 Å². The minimum atomic E-state index is -5.42. The van der Waals surface area contributed by atoms with Crippen molar-refractivity contribution in [2.24, 2.45) is 5.92 Å². The van der Waals surface area contributed by atoms with Gasteiger partial charge in [-0.1, -0.05) is 116 Å². The molecule has 0 amide bonds. The number of ether oxygens (including phenoxy) is 4. The van der Waals surface area contributed by atoms with Crippen LogP contribution in [0.4, 0.5) is 5.82 Å². The van der Waals surface area contributed by atoms with Gasteiger partial charge in [0.15, 0.2) is 12.3 Å². The van der Waals surface area contributed by atoms with E-state index < -0.39 is 83.7 Å². The number of esters is 2. The molecule has 0 radical (unpaired) electrons. The van der Waals surface area contributed by atoms with Crippen molar-refractivity contribution in [3.05, 3.63) is 34.9 Å². The molecule has 1 aromatic rings. The Balaban J connectivity index is 1.42. The fourth-order valence-corrected chi connectivity index (χ4v) is 9.29. The van der Waals surface area contributed by atoms with Crippen molar-refractivity contribution in [1.29, 1.82) is 0 Å². The van der Waals surface area contributed by atoms with Crippen LogP contribution in [0.25, 0.3) is 0 Å². The third kappa shape index (κ3) is 22.8. The molecule has 368 valence electrons. The number of aromatic nitrogens is 2. The lowest BCUT2D eigenvalue weighted by molar-refractivity contribution is -0.161. The summed E-state index contributed by atoms with van der Waals surface area (Å²) in [5, 5.41) is 20.9. The molecule has 0 aromatic carbocycles. The van der Waals surface area contributed by atoms with Crippen molar-refractivity contribution in [3.63, 3.8) is 0 Å². The normalized spacial score (nSPS) is 23.7. The zero-order chi connectivity index (χ0) is 47.0. The predicted molar refractivity (Wildman–Crippen MR) is 238 cm³/mol. The van der Waals surface area contributed by atoms with Crippen molar-refractivity contribution in [1.82, 2.24) is 9.55 Å². The Labute approximate surface area is 378 Å². The van der Waals surface area contributed by atoms with Crippen LogP contribution < -0.4 is 11.4 Å². The Morgan fingerprint density at radius 2 is 1.48 bits per heavy atom. The summed E-state index contributed by atoms with van der Waals surface area (Å²) < 4.78 is 62.3. The van der Waals surface area contributed by atoms with Gasteiger partial charge in [0.05, 0.1) is 25.4 Å². The average Bonchev–Trinajstić information content (AvgIpc) is 3.93. The molecule has 1 aromatic heterocycles. The van der Waals surface area contributed by atoms with Crippen LogP contribution in [-0.2, 0) is 51.0 Å². The van der Waals surface area contributed by atoms with E-state index in [9.17, 15) is 43.5 Å². The minimum absolute atomic E-state index is 0.0314. The highest BCUT2D eigenvalue weighted by Crippen LogP contribution is 2.60. The zero-order valence-corrected chi connectivity index (χ0v) is 39.7. The molecule has 10 atom stereocenters. The molecular weight excluding hydrogens is 876 g/mol. The third-order valence-electron chi connectivity index (χ3n) is 11.3. The number of hydrogen-bond acceptors (Lipinski definition) is 16. The summed E-state index contributed by atoms with van der Waals surface area (Å²) in [4.78, 5) is 61.7. The number of hydrogen-bond donors (Lipinski definition) is 5. The second-order valence-electron chi connectivity index (χ2n) is 16.9. The largest absolute Gasteiger partial charge is 0.481 e. The van der Waals surface area contributed by atoms with Crippen molar-refractivity contribution < 1.29 is 71.0 Å². The number of aliphatic hydroxyl groups is 2. The molecule has 21 heteroatoms. The number of carbonyl (C=O) groups excluding carboxylic acids is 2. The molecule has 3 rings (SSSR count). The van der Waals surface area contributed by atoms with E-state index in [4.69, 9.17) is 33.7 Å². The van der Waals surface area contributed by atoms with Gasteiger partial charge in [-0.2, -0.15) is 9.29 Å². The second kappa shape index (κ2) is 30.0. The number of nitrogens with two attached hydrogens (primary N) is 1. The lowest BCUT2D eigenvalue weighted by Gasteiger charge is -2.21. The van der Waals surface area contributed by atoms with Gasteiger partial charge in [-0.3, -0.25) is 23.2 Å². The molecule has 0 saturated carbocycles. The van der Waals surface area contributed by atoms with Gasteiger partial charge >= 0.3 is 33.3 Å². The number of unbranched alkanes of at least 4 members (excludes halogenated alkanes) is 12. The van der Waals surface area contributed by atoms with E-state index in [0.29, 0.717) is 25.0 Å². The van der Waals surface area contributed by atoms with E-state index in [0.717, 1.165) is 87.3 Å². The maximum Gasteiger partial charge on any atom is 0.481 e. The van der Waals surface area contributed by atoms with Gasteiger partial charge in [-0.05, 0) is 50.5 Å². The lowest BCUT2D eigenvalue weighted by atomic mass is 10.00. The van der Waals surface area contributed by atoms with E-state index in [2.05, 4.69) is 42.2 Å². The number of aliphatic hydroxyl groups excluding tert-OH is 2. The van der Waals surface area contributed by atoms with Crippen LogP contribution in [0.5, 0.6) is 0 Å². The fourth-order valence-electron chi connectivity index (χ4n) is 7.18. The van der Waals surface area contributed by atoms with Crippen molar-refractivity contribution in [2.45, 2.75) is 198 Å². The summed E-state index contributed by atoms with van der Waals surface area (Å²) in [6.07, 6.45) is 17.9. The van der Waals surface area contributed by atoms with Crippen LogP contribution in [0.2, 0.25) is 0 Å². The Morgan fingerprint density at radius 1 is 0.828 bits per heavy atom.